The SMILES string of the molecule is CCC(CC)(NC(=O)C(C)(COC)NC(=O)OCC1c2ccccc2-c2ccccc21)C(=O)O. The van der Waals surface area contributed by atoms with Gasteiger partial charge in [-0.15, -0.1) is 0 Å². The molecule has 182 valence electrons. The van der Waals surface area contributed by atoms with E-state index in [-0.39, 0.29) is 32.0 Å². The largest absolute Gasteiger partial charge is 0.480 e. The van der Waals surface area contributed by atoms with Gasteiger partial charge in [-0.2, -0.15) is 0 Å². The molecule has 8 nitrogen and oxygen atoms in total. The van der Waals surface area contributed by atoms with Crippen LogP contribution in [-0.2, 0) is 19.1 Å². The van der Waals surface area contributed by atoms with Crippen LogP contribution in [0.3, 0.4) is 0 Å². The Morgan fingerprint density at radius 3 is 1.94 bits per heavy atom. The number of rotatable bonds is 10. The van der Waals surface area contributed by atoms with Gasteiger partial charge in [0, 0.05) is 13.0 Å². The molecule has 1 aliphatic carbocycles. The molecule has 0 fully saturated rings. The summed E-state index contributed by atoms with van der Waals surface area (Å²) in [6.07, 6.45) is -0.401. The van der Waals surface area contributed by atoms with Gasteiger partial charge in [0.15, 0.2) is 0 Å². The molecule has 0 saturated heterocycles. The highest BCUT2D eigenvalue weighted by Crippen LogP contribution is 2.44. The molecule has 8 heteroatoms. The van der Waals surface area contributed by atoms with Crippen LogP contribution in [0.2, 0.25) is 0 Å². The van der Waals surface area contributed by atoms with E-state index in [1.54, 1.807) is 13.8 Å². The van der Waals surface area contributed by atoms with Crippen LogP contribution < -0.4 is 10.6 Å². The second kappa shape index (κ2) is 10.3. The summed E-state index contributed by atoms with van der Waals surface area (Å²) in [5, 5.41) is 14.8. The number of carboxylic acids is 1. The van der Waals surface area contributed by atoms with Crippen molar-refractivity contribution in [2.45, 2.75) is 50.6 Å². The average Bonchev–Trinajstić information content (AvgIpc) is 3.14. The number of methoxy groups -OCH3 is 1. The highest BCUT2D eigenvalue weighted by molar-refractivity contribution is 5.94. The molecule has 34 heavy (non-hydrogen) atoms. The number of ether oxygens (including phenoxy) is 2. The molecule has 1 atom stereocenters. The zero-order chi connectivity index (χ0) is 24.9. The van der Waals surface area contributed by atoms with Crippen molar-refractivity contribution in [2.75, 3.05) is 20.3 Å². The predicted molar refractivity (Wildman–Crippen MR) is 128 cm³/mol. The van der Waals surface area contributed by atoms with Gasteiger partial charge in [-0.25, -0.2) is 9.59 Å². The molecule has 1 unspecified atom stereocenters. The number of carbonyl (C=O) groups excluding carboxylic acids is 2. The van der Waals surface area contributed by atoms with Crippen molar-refractivity contribution in [3.63, 3.8) is 0 Å². The Morgan fingerprint density at radius 1 is 0.941 bits per heavy atom. The van der Waals surface area contributed by atoms with Crippen molar-refractivity contribution in [3.8, 4) is 11.1 Å². The molecule has 0 bridgehead atoms. The van der Waals surface area contributed by atoms with Crippen molar-refractivity contribution in [2.24, 2.45) is 0 Å². The minimum Gasteiger partial charge on any atom is -0.480 e. The molecule has 0 aliphatic heterocycles. The molecule has 2 aromatic rings. The maximum Gasteiger partial charge on any atom is 0.408 e. The lowest BCUT2D eigenvalue weighted by Crippen LogP contribution is -2.65. The molecule has 1 aliphatic rings. The van der Waals surface area contributed by atoms with Gasteiger partial charge in [-0.05, 0) is 42.0 Å². The Morgan fingerprint density at radius 2 is 1.47 bits per heavy atom. The van der Waals surface area contributed by atoms with Crippen molar-refractivity contribution >= 4 is 18.0 Å². The number of hydrogen-bond donors (Lipinski definition) is 3. The lowest BCUT2D eigenvalue weighted by molar-refractivity contribution is -0.149. The lowest BCUT2D eigenvalue weighted by Gasteiger charge is -2.34. The number of carboxylic acid groups (broad SMARTS) is 1. The van der Waals surface area contributed by atoms with Crippen LogP contribution in [0.25, 0.3) is 11.1 Å². The third-order valence-corrected chi connectivity index (χ3v) is 6.63. The molecule has 2 aromatic carbocycles. The van der Waals surface area contributed by atoms with Crippen molar-refractivity contribution < 1.29 is 29.0 Å². The quantitative estimate of drug-likeness (QED) is 0.490. The molecular weight excluding hydrogens is 436 g/mol. The van der Waals surface area contributed by atoms with Crippen LogP contribution in [0, 0.1) is 0 Å². The molecular formula is C26H32N2O6. The number of benzene rings is 2. The maximum absolute atomic E-state index is 13.1. The van der Waals surface area contributed by atoms with Crippen LogP contribution in [0.1, 0.15) is 50.7 Å². The monoisotopic (exact) mass is 468 g/mol. The first-order valence-electron chi connectivity index (χ1n) is 11.4. The third-order valence-electron chi connectivity index (χ3n) is 6.63. The van der Waals surface area contributed by atoms with Crippen molar-refractivity contribution in [1.82, 2.24) is 10.6 Å². The zero-order valence-corrected chi connectivity index (χ0v) is 20.0. The zero-order valence-electron chi connectivity index (χ0n) is 20.0. The van der Waals surface area contributed by atoms with E-state index in [1.165, 1.54) is 14.0 Å². The van der Waals surface area contributed by atoms with E-state index >= 15 is 0 Å². The summed E-state index contributed by atoms with van der Waals surface area (Å²) >= 11 is 0. The van der Waals surface area contributed by atoms with Gasteiger partial charge in [-0.3, -0.25) is 4.79 Å². The van der Waals surface area contributed by atoms with Gasteiger partial charge < -0.3 is 25.2 Å². The van der Waals surface area contributed by atoms with Gasteiger partial charge in [-0.1, -0.05) is 62.4 Å². The minimum absolute atomic E-state index is 0.0908. The predicted octanol–water partition coefficient (Wildman–Crippen LogP) is 3.69. The van der Waals surface area contributed by atoms with Crippen LogP contribution >= 0.6 is 0 Å². The highest BCUT2D eigenvalue weighted by atomic mass is 16.5. The summed E-state index contributed by atoms with van der Waals surface area (Å²) in [4.78, 5) is 37.7. The van der Waals surface area contributed by atoms with E-state index in [0.717, 1.165) is 22.3 Å². The van der Waals surface area contributed by atoms with Gasteiger partial charge in [0.2, 0.25) is 5.91 Å². The normalized spacial score (nSPS) is 14.5. The highest BCUT2D eigenvalue weighted by Gasteiger charge is 2.43. The number of nitrogens with one attached hydrogen (secondary N) is 2. The summed E-state index contributed by atoms with van der Waals surface area (Å²) in [7, 11) is 1.40. The fourth-order valence-corrected chi connectivity index (χ4v) is 4.44. The Bertz CT molecular complexity index is 1020. The van der Waals surface area contributed by atoms with Crippen LogP contribution in [0.5, 0.6) is 0 Å². The second-order valence-corrected chi connectivity index (χ2v) is 8.76. The number of fused-ring (bicyclic) bond motifs is 3. The first kappa shape index (κ1) is 25.2. The topological polar surface area (TPSA) is 114 Å². The average molecular weight is 469 g/mol. The number of amides is 2. The van der Waals surface area contributed by atoms with Gasteiger partial charge in [0.05, 0.1) is 6.61 Å². The van der Waals surface area contributed by atoms with Gasteiger partial charge in [0.25, 0.3) is 0 Å². The first-order valence-corrected chi connectivity index (χ1v) is 11.4. The van der Waals surface area contributed by atoms with E-state index in [4.69, 9.17) is 9.47 Å². The number of aliphatic carboxylic acids is 1. The fraction of sp³-hybridized carbons (Fsp3) is 0.423. The summed E-state index contributed by atoms with van der Waals surface area (Å²) in [5.41, 5.74) is 1.41. The second-order valence-electron chi connectivity index (χ2n) is 8.76. The molecule has 0 saturated carbocycles. The Hall–Kier alpha value is -3.39. The number of carbonyl (C=O) groups is 3. The van der Waals surface area contributed by atoms with Crippen LogP contribution in [0.4, 0.5) is 4.79 Å². The summed E-state index contributed by atoms with van der Waals surface area (Å²) < 4.78 is 10.7. The van der Waals surface area contributed by atoms with E-state index in [2.05, 4.69) is 10.6 Å². The van der Waals surface area contributed by atoms with Gasteiger partial charge >= 0.3 is 12.1 Å². The van der Waals surface area contributed by atoms with E-state index in [0.29, 0.717) is 0 Å². The smallest absolute Gasteiger partial charge is 0.408 e. The van der Waals surface area contributed by atoms with Crippen LogP contribution in [-0.4, -0.2) is 54.5 Å². The minimum atomic E-state index is -1.53. The standard InChI is InChI=1S/C26H32N2O6/c1-5-26(6-2,23(30)31)27-22(29)25(3,16-33-4)28-24(32)34-15-21-19-13-9-7-11-17(19)18-12-8-10-14-20(18)21/h7-14,21H,5-6,15-16H2,1-4H3,(H,27,29)(H,28,32)(H,30,31). The number of alkyl carbamates (subject to hydrolysis) is 1. The Labute approximate surface area is 199 Å². The first-order chi connectivity index (χ1) is 16.2. The molecule has 0 aromatic heterocycles. The molecule has 0 spiro atoms. The Kier molecular flexibility index (Phi) is 7.61. The summed E-state index contributed by atoms with van der Waals surface area (Å²) in [6, 6.07) is 16.0. The van der Waals surface area contributed by atoms with Crippen molar-refractivity contribution in [3.05, 3.63) is 59.7 Å². The molecule has 0 radical (unpaired) electrons. The molecule has 3 N–H and O–H groups in total. The molecule has 2 amide bonds. The van der Waals surface area contributed by atoms with Crippen LogP contribution in [0.15, 0.2) is 48.5 Å². The van der Waals surface area contributed by atoms with E-state index < -0.39 is 29.0 Å². The summed E-state index contributed by atoms with van der Waals surface area (Å²) in [6.45, 7) is 4.78. The summed E-state index contributed by atoms with van der Waals surface area (Å²) in [5.74, 6) is -1.92. The maximum atomic E-state index is 13.1. The number of hydrogen-bond acceptors (Lipinski definition) is 5. The van der Waals surface area contributed by atoms with Gasteiger partial charge in [0.1, 0.15) is 17.7 Å². The fourth-order valence-electron chi connectivity index (χ4n) is 4.44. The van der Waals surface area contributed by atoms with Crippen molar-refractivity contribution in [1.29, 1.82) is 0 Å². The third kappa shape index (κ3) is 4.77. The van der Waals surface area contributed by atoms with E-state index in [9.17, 15) is 19.5 Å². The van der Waals surface area contributed by atoms with E-state index in [1.807, 2.05) is 48.5 Å². The Balaban J connectivity index is 1.73. The molecule has 3 rings (SSSR count). The lowest BCUT2D eigenvalue weighted by atomic mass is 9.90. The molecule has 0 heterocycles.